The molecule has 1 rings (SSSR count). The van der Waals surface area contributed by atoms with E-state index in [9.17, 15) is 8.42 Å². The molecule has 8 nitrogen and oxygen atoms in total. The molecule has 0 saturated heterocycles. The van der Waals surface area contributed by atoms with Gasteiger partial charge in [-0.3, -0.25) is 0 Å². The van der Waals surface area contributed by atoms with E-state index >= 15 is 0 Å². The number of hydrogen-bond donors (Lipinski definition) is 3. The van der Waals surface area contributed by atoms with Crippen molar-refractivity contribution in [2.24, 2.45) is 4.99 Å². The van der Waals surface area contributed by atoms with Crippen LogP contribution in [-0.4, -0.2) is 44.9 Å². The molecule has 1 aromatic heterocycles. The van der Waals surface area contributed by atoms with Gasteiger partial charge in [0.2, 0.25) is 10.0 Å². The number of hydrogen-bond acceptors (Lipinski definition) is 5. The minimum atomic E-state index is -3.16. The fraction of sp³-hybridized carbons (Fsp3) is 0.714. The molecule has 0 fully saturated rings. The lowest BCUT2D eigenvalue weighted by Crippen LogP contribution is -2.41. The van der Waals surface area contributed by atoms with E-state index in [4.69, 9.17) is 4.52 Å². The van der Waals surface area contributed by atoms with Crippen LogP contribution < -0.4 is 15.4 Å². The zero-order valence-electron chi connectivity index (χ0n) is 14.6. The van der Waals surface area contributed by atoms with Gasteiger partial charge in [0.15, 0.2) is 11.7 Å². The van der Waals surface area contributed by atoms with Gasteiger partial charge in [-0.05, 0) is 19.8 Å². The van der Waals surface area contributed by atoms with Gasteiger partial charge in [-0.25, -0.2) is 18.1 Å². The maximum atomic E-state index is 11.3. The summed E-state index contributed by atoms with van der Waals surface area (Å²) in [5.41, 5.74) is 0.905. The van der Waals surface area contributed by atoms with Crippen molar-refractivity contribution < 1.29 is 12.9 Å². The zero-order valence-corrected chi connectivity index (χ0v) is 17.8. The number of aromatic nitrogens is 1. The standard InChI is InChI=1S/C14H27N5O3S.HI/c1-5-15-14(16-7-8-18-23(20,21)6-2)17-10-12-9-13(11(3)4)19-22-12;/h9,11,18H,5-8,10H2,1-4H3,(H2,15,16,17);1H. The second kappa shape index (κ2) is 11.6. The average molecular weight is 473 g/mol. The lowest BCUT2D eigenvalue weighted by Gasteiger charge is -2.11. The van der Waals surface area contributed by atoms with Crippen LogP contribution in [0.15, 0.2) is 15.6 Å². The van der Waals surface area contributed by atoms with Gasteiger partial charge < -0.3 is 15.2 Å². The second-order valence-electron chi connectivity index (χ2n) is 5.29. The first-order valence-electron chi connectivity index (χ1n) is 7.83. The summed E-state index contributed by atoms with van der Waals surface area (Å²) in [6.45, 7) is 9.49. The van der Waals surface area contributed by atoms with Crippen molar-refractivity contribution >= 4 is 40.0 Å². The highest BCUT2D eigenvalue weighted by Crippen LogP contribution is 2.14. The van der Waals surface area contributed by atoms with Crippen molar-refractivity contribution in [3.8, 4) is 0 Å². The van der Waals surface area contributed by atoms with E-state index in [1.165, 1.54) is 0 Å². The molecule has 0 spiro atoms. The lowest BCUT2D eigenvalue weighted by atomic mass is 10.1. The van der Waals surface area contributed by atoms with Crippen molar-refractivity contribution in [3.05, 3.63) is 17.5 Å². The normalized spacial score (nSPS) is 12.1. The highest BCUT2D eigenvalue weighted by Gasteiger charge is 2.08. The summed E-state index contributed by atoms with van der Waals surface area (Å²) in [4.78, 5) is 4.39. The Morgan fingerprint density at radius 1 is 1.29 bits per heavy atom. The molecule has 24 heavy (non-hydrogen) atoms. The van der Waals surface area contributed by atoms with E-state index < -0.39 is 10.0 Å². The SMILES string of the molecule is CCNC(=NCc1cc(C(C)C)no1)NCCNS(=O)(=O)CC.I. The third-order valence-electron chi connectivity index (χ3n) is 3.03. The van der Waals surface area contributed by atoms with E-state index in [1.807, 2.05) is 26.8 Å². The molecule has 0 unspecified atom stereocenters. The first-order chi connectivity index (χ1) is 10.9. The summed E-state index contributed by atoms with van der Waals surface area (Å²) in [5.74, 6) is 1.68. The van der Waals surface area contributed by atoms with Gasteiger partial charge in [0.25, 0.3) is 0 Å². The maximum absolute atomic E-state index is 11.3. The molecule has 1 aromatic rings. The predicted octanol–water partition coefficient (Wildman–Crippen LogP) is 1.41. The molecule has 0 atom stereocenters. The maximum Gasteiger partial charge on any atom is 0.211 e. The number of nitrogens with zero attached hydrogens (tertiary/aromatic N) is 2. The number of halogens is 1. The van der Waals surface area contributed by atoms with Gasteiger partial charge >= 0.3 is 0 Å². The van der Waals surface area contributed by atoms with Crippen LogP contribution in [0.25, 0.3) is 0 Å². The first-order valence-corrected chi connectivity index (χ1v) is 9.48. The number of rotatable bonds is 9. The Balaban J connectivity index is 0.00000529. The molecule has 10 heteroatoms. The Morgan fingerprint density at radius 3 is 2.54 bits per heavy atom. The quantitative estimate of drug-likeness (QED) is 0.217. The van der Waals surface area contributed by atoms with E-state index in [2.05, 4.69) is 25.5 Å². The van der Waals surface area contributed by atoms with Gasteiger partial charge in [-0.1, -0.05) is 19.0 Å². The summed E-state index contributed by atoms with van der Waals surface area (Å²) < 4.78 is 30.4. The Morgan fingerprint density at radius 2 is 2.00 bits per heavy atom. The van der Waals surface area contributed by atoms with E-state index in [0.717, 1.165) is 5.69 Å². The second-order valence-corrected chi connectivity index (χ2v) is 7.39. The van der Waals surface area contributed by atoms with Crippen molar-refractivity contribution in [2.75, 3.05) is 25.4 Å². The van der Waals surface area contributed by atoms with E-state index in [-0.39, 0.29) is 29.7 Å². The minimum absolute atomic E-state index is 0. The topological polar surface area (TPSA) is 109 Å². The third-order valence-corrected chi connectivity index (χ3v) is 4.43. The molecule has 1 heterocycles. The molecular weight excluding hydrogens is 445 g/mol. The molecular formula is C14H28IN5O3S. The van der Waals surface area contributed by atoms with Crippen LogP contribution in [-0.2, 0) is 16.6 Å². The molecule has 140 valence electrons. The number of guanidine groups is 1. The van der Waals surface area contributed by atoms with Crippen molar-refractivity contribution in [2.45, 2.75) is 40.2 Å². The van der Waals surface area contributed by atoms with Crippen LogP contribution in [0.1, 0.15) is 45.1 Å². The molecule has 0 aliphatic carbocycles. The molecule has 0 bridgehead atoms. The summed E-state index contributed by atoms with van der Waals surface area (Å²) in [7, 11) is -3.16. The molecule has 0 amide bonds. The van der Waals surface area contributed by atoms with E-state index in [0.29, 0.717) is 43.8 Å². The highest BCUT2D eigenvalue weighted by atomic mass is 127. The predicted molar refractivity (Wildman–Crippen MR) is 106 cm³/mol. The smallest absolute Gasteiger partial charge is 0.211 e. The van der Waals surface area contributed by atoms with Gasteiger partial charge in [0.05, 0.1) is 11.4 Å². The number of nitrogens with one attached hydrogen (secondary N) is 3. The first kappa shape index (κ1) is 23.1. The number of aliphatic imine (C=N–C) groups is 1. The molecule has 0 aromatic carbocycles. The highest BCUT2D eigenvalue weighted by molar-refractivity contribution is 14.0. The van der Waals surface area contributed by atoms with Crippen LogP contribution in [0.2, 0.25) is 0 Å². The molecule has 0 saturated carbocycles. The Kier molecular flexibility index (Phi) is 11.2. The van der Waals surface area contributed by atoms with Crippen molar-refractivity contribution in [3.63, 3.8) is 0 Å². The summed E-state index contributed by atoms with van der Waals surface area (Å²) in [6, 6.07) is 1.90. The fourth-order valence-corrected chi connectivity index (χ4v) is 2.28. The Labute approximate surface area is 161 Å². The van der Waals surface area contributed by atoms with Crippen LogP contribution in [0.3, 0.4) is 0 Å². The summed E-state index contributed by atoms with van der Waals surface area (Å²) in [5, 5.41) is 10.2. The third kappa shape index (κ3) is 8.83. The Bertz CT molecular complexity index is 601. The summed E-state index contributed by atoms with van der Waals surface area (Å²) in [6.07, 6.45) is 0. The van der Waals surface area contributed by atoms with Crippen LogP contribution in [0.5, 0.6) is 0 Å². The molecule has 3 N–H and O–H groups in total. The largest absolute Gasteiger partial charge is 0.359 e. The van der Waals surface area contributed by atoms with Gasteiger partial charge in [-0.15, -0.1) is 24.0 Å². The fourth-order valence-electron chi connectivity index (χ4n) is 1.66. The van der Waals surface area contributed by atoms with E-state index in [1.54, 1.807) is 6.92 Å². The Hall–Kier alpha value is -0.880. The van der Waals surface area contributed by atoms with Gasteiger partial charge in [0, 0.05) is 25.7 Å². The minimum Gasteiger partial charge on any atom is -0.359 e. The lowest BCUT2D eigenvalue weighted by molar-refractivity contribution is 0.376. The molecule has 0 radical (unpaired) electrons. The van der Waals surface area contributed by atoms with Crippen molar-refractivity contribution in [1.29, 1.82) is 0 Å². The zero-order chi connectivity index (χ0) is 17.3. The van der Waals surface area contributed by atoms with Crippen molar-refractivity contribution in [1.82, 2.24) is 20.5 Å². The molecule has 0 aliphatic rings. The van der Waals surface area contributed by atoms with Crippen LogP contribution in [0.4, 0.5) is 0 Å². The molecule has 0 aliphatic heterocycles. The monoisotopic (exact) mass is 473 g/mol. The van der Waals surface area contributed by atoms with Crippen LogP contribution >= 0.6 is 24.0 Å². The average Bonchev–Trinajstić information content (AvgIpc) is 2.98. The van der Waals surface area contributed by atoms with Gasteiger partial charge in [0.1, 0.15) is 6.54 Å². The number of sulfonamides is 1. The summed E-state index contributed by atoms with van der Waals surface area (Å²) >= 11 is 0. The van der Waals surface area contributed by atoms with Crippen LogP contribution in [0, 0.1) is 0 Å². The van der Waals surface area contributed by atoms with Gasteiger partial charge in [-0.2, -0.15) is 0 Å².